The lowest BCUT2D eigenvalue weighted by Crippen LogP contribution is -2.01. The number of halogens is 2. The normalized spacial score (nSPS) is 10.7. The summed E-state index contributed by atoms with van der Waals surface area (Å²) < 4.78 is 13.8. The molecule has 16 heavy (non-hydrogen) atoms. The first-order chi connectivity index (χ1) is 7.70. The number of benzene rings is 1. The van der Waals surface area contributed by atoms with E-state index in [1.165, 1.54) is 6.07 Å². The molecule has 0 aliphatic heterocycles. The van der Waals surface area contributed by atoms with Gasteiger partial charge in [0.05, 0.1) is 9.99 Å². The molecule has 0 aliphatic rings. The fraction of sp³-hybridized carbons (Fsp3) is 0.250. The molecule has 0 bridgehead atoms. The average molecular weight is 283 g/mol. The molecule has 2 aromatic rings. The van der Waals surface area contributed by atoms with E-state index in [0.717, 1.165) is 24.2 Å². The van der Waals surface area contributed by atoms with Gasteiger partial charge in [-0.1, -0.05) is 6.92 Å². The number of hydrogen-bond acceptors (Lipinski definition) is 2. The van der Waals surface area contributed by atoms with Gasteiger partial charge in [0.25, 0.3) is 0 Å². The highest BCUT2D eigenvalue weighted by atomic mass is 79.9. The Morgan fingerprint density at radius 3 is 2.94 bits per heavy atom. The molecule has 2 rings (SSSR count). The zero-order valence-corrected chi connectivity index (χ0v) is 10.5. The minimum absolute atomic E-state index is 0.285. The number of fused-ring (bicyclic) bond motifs is 1. The molecule has 0 unspecified atom stereocenters. The Morgan fingerprint density at radius 1 is 1.38 bits per heavy atom. The quantitative estimate of drug-likeness (QED) is 0.922. The number of anilines is 1. The van der Waals surface area contributed by atoms with Crippen LogP contribution in [0.1, 0.15) is 13.3 Å². The van der Waals surface area contributed by atoms with Crippen molar-refractivity contribution in [3.63, 3.8) is 0 Å². The first-order valence-corrected chi connectivity index (χ1v) is 5.99. The van der Waals surface area contributed by atoms with E-state index in [4.69, 9.17) is 0 Å². The van der Waals surface area contributed by atoms with E-state index in [0.29, 0.717) is 9.99 Å². The predicted octanol–water partition coefficient (Wildman–Crippen LogP) is 3.96. The average Bonchev–Trinajstić information content (AvgIpc) is 2.28. The Hall–Kier alpha value is -1.16. The molecule has 0 atom stereocenters. The van der Waals surface area contributed by atoms with E-state index in [1.54, 1.807) is 6.07 Å². The van der Waals surface area contributed by atoms with E-state index < -0.39 is 0 Å². The summed E-state index contributed by atoms with van der Waals surface area (Å²) in [5, 5.41) is 4.10. The summed E-state index contributed by atoms with van der Waals surface area (Å²) in [6.45, 7) is 2.96. The van der Waals surface area contributed by atoms with Gasteiger partial charge < -0.3 is 5.32 Å². The molecule has 4 heteroatoms. The molecular formula is C12H12BrFN2. The Morgan fingerprint density at radius 2 is 2.19 bits per heavy atom. The molecule has 0 saturated heterocycles. The van der Waals surface area contributed by atoms with Crippen molar-refractivity contribution in [3.8, 4) is 0 Å². The third kappa shape index (κ3) is 2.32. The molecule has 0 radical (unpaired) electrons. The topological polar surface area (TPSA) is 24.9 Å². The van der Waals surface area contributed by atoms with E-state index >= 15 is 0 Å². The lowest BCUT2D eigenvalue weighted by Gasteiger charge is -2.05. The second-order valence-electron chi connectivity index (χ2n) is 3.58. The van der Waals surface area contributed by atoms with Gasteiger partial charge in [0.15, 0.2) is 0 Å². The summed E-state index contributed by atoms with van der Waals surface area (Å²) in [4.78, 5) is 4.34. The van der Waals surface area contributed by atoms with Crippen molar-refractivity contribution in [2.24, 2.45) is 0 Å². The summed E-state index contributed by atoms with van der Waals surface area (Å²) in [6.07, 6.45) is 1.04. The van der Waals surface area contributed by atoms with Crippen molar-refractivity contribution in [1.29, 1.82) is 0 Å². The van der Waals surface area contributed by atoms with Gasteiger partial charge in [-0.25, -0.2) is 9.37 Å². The molecule has 1 aromatic heterocycles. The molecule has 84 valence electrons. The van der Waals surface area contributed by atoms with Crippen molar-refractivity contribution < 1.29 is 4.39 Å². The van der Waals surface area contributed by atoms with Crippen LogP contribution in [0.5, 0.6) is 0 Å². The standard InChI is InChI=1S/C12H12BrFN2/c1-2-5-15-12-4-3-8-6-9(13)10(14)7-11(8)16-12/h3-4,6-7H,2,5H2,1H3,(H,15,16). The summed E-state index contributed by atoms with van der Waals surface area (Å²) in [6, 6.07) is 7.02. The smallest absolute Gasteiger partial charge is 0.139 e. The molecule has 1 N–H and O–H groups in total. The first kappa shape index (κ1) is 11.3. The van der Waals surface area contributed by atoms with Crippen LogP contribution >= 0.6 is 15.9 Å². The van der Waals surface area contributed by atoms with Crippen LogP contribution in [0, 0.1) is 5.82 Å². The van der Waals surface area contributed by atoms with Gasteiger partial charge in [-0.3, -0.25) is 0 Å². The highest BCUT2D eigenvalue weighted by Gasteiger charge is 2.03. The zero-order valence-electron chi connectivity index (χ0n) is 8.93. The van der Waals surface area contributed by atoms with E-state index in [1.807, 2.05) is 12.1 Å². The third-order valence-electron chi connectivity index (χ3n) is 2.29. The Kier molecular flexibility index (Phi) is 3.39. The minimum Gasteiger partial charge on any atom is -0.370 e. The molecule has 0 spiro atoms. The zero-order chi connectivity index (χ0) is 11.5. The van der Waals surface area contributed by atoms with E-state index in [2.05, 4.69) is 33.2 Å². The highest BCUT2D eigenvalue weighted by molar-refractivity contribution is 9.10. The van der Waals surface area contributed by atoms with Crippen molar-refractivity contribution in [2.45, 2.75) is 13.3 Å². The molecule has 0 aliphatic carbocycles. The molecular weight excluding hydrogens is 271 g/mol. The van der Waals surface area contributed by atoms with Gasteiger partial charge >= 0.3 is 0 Å². The fourth-order valence-corrected chi connectivity index (χ4v) is 1.83. The summed E-state index contributed by atoms with van der Waals surface area (Å²) in [5.74, 6) is 0.503. The Bertz CT molecular complexity index is 514. The monoisotopic (exact) mass is 282 g/mol. The van der Waals surface area contributed by atoms with E-state index in [9.17, 15) is 4.39 Å². The second-order valence-corrected chi connectivity index (χ2v) is 4.44. The van der Waals surface area contributed by atoms with Crippen LogP contribution in [0.4, 0.5) is 10.2 Å². The number of pyridine rings is 1. The molecule has 0 saturated carbocycles. The third-order valence-corrected chi connectivity index (χ3v) is 2.90. The molecule has 1 heterocycles. The largest absolute Gasteiger partial charge is 0.370 e. The lowest BCUT2D eigenvalue weighted by molar-refractivity contribution is 0.623. The van der Waals surface area contributed by atoms with Gasteiger partial charge in [-0.05, 0) is 40.5 Å². The number of rotatable bonds is 3. The van der Waals surface area contributed by atoms with Gasteiger partial charge in [-0.15, -0.1) is 0 Å². The maximum absolute atomic E-state index is 13.3. The Balaban J connectivity index is 2.41. The predicted molar refractivity (Wildman–Crippen MR) is 68.2 cm³/mol. The van der Waals surface area contributed by atoms with E-state index in [-0.39, 0.29) is 5.82 Å². The number of nitrogens with one attached hydrogen (secondary N) is 1. The minimum atomic E-state index is -0.285. The van der Waals surface area contributed by atoms with Gasteiger partial charge in [0.2, 0.25) is 0 Å². The van der Waals surface area contributed by atoms with Crippen molar-refractivity contribution in [1.82, 2.24) is 4.98 Å². The van der Waals surface area contributed by atoms with Crippen LogP contribution in [0.15, 0.2) is 28.7 Å². The SMILES string of the molecule is CCCNc1ccc2cc(Br)c(F)cc2n1. The molecule has 0 fully saturated rings. The highest BCUT2D eigenvalue weighted by Crippen LogP contribution is 2.23. The summed E-state index contributed by atoms with van der Waals surface area (Å²) in [5.41, 5.74) is 0.668. The summed E-state index contributed by atoms with van der Waals surface area (Å²) >= 11 is 3.16. The number of aromatic nitrogens is 1. The van der Waals surface area contributed by atoms with Gasteiger partial charge in [0, 0.05) is 18.0 Å². The molecule has 2 nitrogen and oxygen atoms in total. The lowest BCUT2D eigenvalue weighted by atomic mass is 10.2. The second kappa shape index (κ2) is 4.78. The molecule has 0 amide bonds. The first-order valence-electron chi connectivity index (χ1n) is 5.20. The van der Waals surface area contributed by atoms with Crippen LogP contribution in [0.3, 0.4) is 0 Å². The fourth-order valence-electron chi connectivity index (χ4n) is 1.47. The Labute approximate surface area is 102 Å². The summed E-state index contributed by atoms with van der Waals surface area (Å²) in [7, 11) is 0. The maximum atomic E-state index is 13.3. The van der Waals surface area contributed by atoms with Gasteiger partial charge in [-0.2, -0.15) is 0 Å². The molecule has 1 aromatic carbocycles. The van der Waals surface area contributed by atoms with Crippen molar-refractivity contribution in [2.75, 3.05) is 11.9 Å². The van der Waals surface area contributed by atoms with Crippen LogP contribution in [0.25, 0.3) is 10.9 Å². The van der Waals surface area contributed by atoms with Crippen LogP contribution in [-0.4, -0.2) is 11.5 Å². The number of hydrogen-bond donors (Lipinski definition) is 1. The van der Waals surface area contributed by atoms with Crippen LogP contribution in [0.2, 0.25) is 0 Å². The van der Waals surface area contributed by atoms with Crippen molar-refractivity contribution >= 4 is 32.7 Å². The maximum Gasteiger partial charge on any atom is 0.139 e. The van der Waals surface area contributed by atoms with Crippen LogP contribution in [-0.2, 0) is 0 Å². The van der Waals surface area contributed by atoms with Crippen molar-refractivity contribution in [3.05, 3.63) is 34.6 Å². The van der Waals surface area contributed by atoms with Gasteiger partial charge in [0.1, 0.15) is 11.6 Å². The van der Waals surface area contributed by atoms with Crippen LogP contribution < -0.4 is 5.32 Å². The number of nitrogens with zero attached hydrogens (tertiary/aromatic N) is 1.